The number of amides is 1. The summed E-state index contributed by atoms with van der Waals surface area (Å²) in [5, 5.41) is 4.01. The maximum absolute atomic E-state index is 12.8. The van der Waals surface area contributed by atoms with Gasteiger partial charge in [0.15, 0.2) is 0 Å². The summed E-state index contributed by atoms with van der Waals surface area (Å²) in [5.74, 6) is -0.0586. The summed E-state index contributed by atoms with van der Waals surface area (Å²) < 4.78 is 0. The minimum absolute atomic E-state index is 0.0586. The van der Waals surface area contributed by atoms with E-state index in [1.807, 2.05) is 48.5 Å². The molecule has 0 aliphatic heterocycles. The Labute approximate surface area is 154 Å². The molecule has 134 valence electrons. The van der Waals surface area contributed by atoms with Crippen LogP contribution >= 0.6 is 0 Å². The molecule has 0 unspecified atom stereocenters. The lowest BCUT2D eigenvalue weighted by atomic mass is 10.0. The van der Waals surface area contributed by atoms with Gasteiger partial charge < -0.3 is 5.32 Å². The summed E-state index contributed by atoms with van der Waals surface area (Å²) in [6.07, 6.45) is 1.75. The van der Waals surface area contributed by atoms with E-state index in [0.29, 0.717) is 12.1 Å². The zero-order chi connectivity index (χ0) is 18.4. The van der Waals surface area contributed by atoms with Crippen LogP contribution in [0.1, 0.15) is 35.8 Å². The van der Waals surface area contributed by atoms with E-state index in [4.69, 9.17) is 0 Å². The summed E-state index contributed by atoms with van der Waals surface area (Å²) in [6.45, 7) is 6.74. The molecule has 0 fully saturated rings. The number of nitrogens with one attached hydrogen (secondary N) is 1. The molecule has 0 spiro atoms. The van der Waals surface area contributed by atoms with Crippen molar-refractivity contribution in [2.24, 2.45) is 0 Å². The molecule has 0 aliphatic carbocycles. The predicted molar refractivity (Wildman–Crippen MR) is 106 cm³/mol. The average Bonchev–Trinajstić information content (AvgIpc) is 2.71. The van der Waals surface area contributed by atoms with Gasteiger partial charge in [0.25, 0.3) is 5.91 Å². The lowest BCUT2D eigenvalue weighted by Gasteiger charge is -2.30. The number of pyridine rings is 1. The van der Waals surface area contributed by atoms with E-state index in [-0.39, 0.29) is 11.9 Å². The van der Waals surface area contributed by atoms with Crippen molar-refractivity contribution in [3.63, 3.8) is 0 Å². The molecule has 26 heavy (non-hydrogen) atoms. The second-order valence-corrected chi connectivity index (χ2v) is 6.23. The number of carbonyl (C=O) groups excluding carboxylic acids is 1. The SMILES string of the molecule is CCN(CC)[C@@H](CNC(=O)c1cccc2ncccc12)c1ccccc1. The molecule has 1 atom stereocenters. The van der Waals surface area contributed by atoms with Gasteiger partial charge in [-0.05, 0) is 36.9 Å². The molecule has 3 rings (SSSR count). The van der Waals surface area contributed by atoms with Crippen LogP contribution in [0, 0.1) is 0 Å². The van der Waals surface area contributed by atoms with Crippen LogP contribution in [0.4, 0.5) is 0 Å². The van der Waals surface area contributed by atoms with Crippen LogP contribution in [0.2, 0.25) is 0 Å². The molecule has 1 heterocycles. The van der Waals surface area contributed by atoms with Crippen LogP contribution in [0.5, 0.6) is 0 Å². The monoisotopic (exact) mass is 347 g/mol. The quantitative estimate of drug-likeness (QED) is 0.701. The fraction of sp³-hybridized carbons (Fsp3) is 0.273. The van der Waals surface area contributed by atoms with Gasteiger partial charge in [-0.3, -0.25) is 14.7 Å². The molecule has 0 aliphatic rings. The normalized spacial score (nSPS) is 12.3. The topological polar surface area (TPSA) is 45.2 Å². The first kappa shape index (κ1) is 18.1. The van der Waals surface area contributed by atoms with Crippen molar-refractivity contribution in [2.75, 3.05) is 19.6 Å². The van der Waals surface area contributed by atoms with Gasteiger partial charge in [-0.1, -0.05) is 56.3 Å². The lowest BCUT2D eigenvalue weighted by Crippen LogP contribution is -2.38. The van der Waals surface area contributed by atoms with Gasteiger partial charge >= 0.3 is 0 Å². The molecule has 4 nitrogen and oxygen atoms in total. The fourth-order valence-electron chi connectivity index (χ4n) is 3.38. The first-order valence-electron chi connectivity index (χ1n) is 9.15. The molecular weight excluding hydrogens is 322 g/mol. The number of carbonyl (C=O) groups is 1. The molecule has 0 bridgehead atoms. The van der Waals surface area contributed by atoms with E-state index in [1.165, 1.54) is 5.56 Å². The van der Waals surface area contributed by atoms with E-state index in [1.54, 1.807) is 6.20 Å². The maximum atomic E-state index is 12.8. The van der Waals surface area contributed by atoms with Crippen LogP contribution in [0.3, 0.4) is 0 Å². The summed E-state index contributed by atoms with van der Waals surface area (Å²) in [4.78, 5) is 19.5. The highest BCUT2D eigenvalue weighted by Gasteiger charge is 2.19. The number of aromatic nitrogens is 1. The highest BCUT2D eigenvalue weighted by molar-refractivity contribution is 6.06. The molecule has 2 aromatic carbocycles. The Morgan fingerprint density at radius 2 is 1.77 bits per heavy atom. The number of likely N-dealkylation sites (N-methyl/N-ethyl adjacent to an activating group) is 1. The van der Waals surface area contributed by atoms with Crippen molar-refractivity contribution < 1.29 is 4.79 Å². The minimum atomic E-state index is -0.0586. The highest BCUT2D eigenvalue weighted by Crippen LogP contribution is 2.20. The summed E-state index contributed by atoms with van der Waals surface area (Å²) in [6, 6.07) is 20.0. The van der Waals surface area contributed by atoms with Gasteiger partial charge in [0.1, 0.15) is 0 Å². The van der Waals surface area contributed by atoms with E-state index >= 15 is 0 Å². The molecule has 0 saturated carbocycles. The minimum Gasteiger partial charge on any atom is -0.350 e. The third-order valence-electron chi connectivity index (χ3n) is 4.78. The van der Waals surface area contributed by atoms with Gasteiger partial charge in [0.2, 0.25) is 0 Å². The van der Waals surface area contributed by atoms with Crippen LogP contribution in [0.25, 0.3) is 10.9 Å². The fourth-order valence-corrected chi connectivity index (χ4v) is 3.38. The number of fused-ring (bicyclic) bond motifs is 1. The van der Waals surface area contributed by atoms with Gasteiger partial charge in [-0.15, -0.1) is 0 Å². The van der Waals surface area contributed by atoms with Crippen molar-refractivity contribution >= 4 is 16.8 Å². The first-order chi connectivity index (χ1) is 12.7. The van der Waals surface area contributed by atoms with Crippen molar-refractivity contribution in [2.45, 2.75) is 19.9 Å². The molecule has 4 heteroatoms. The second-order valence-electron chi connectivity index (χ2n) is 6.23. The van der Waals surface area contributed by atoms with Gasteiger partial charge in [0.05, 0.1) is 11.6 Å². The van der Waals surface area contributed by atoms with Crippen molar-refractivity contribution in [3.05, 3.63) is 78.0 Å². The number of rotatable bonds is 7. The Bertz CT molecular complexity index is 854. The second kappa shape index (κ2) is 8.59. The summed E-state index contributed by atoms with van der Waals surface area (Å²) in [5.41, 5.74) is 2.72. The van der Waals surface area contributed by atoms with Crippen molar-refractivity contribution in [1.29, 1.82) is 0 Å². The van der Waals surface area contributed by atoms with Crippen LogP contribution < -0.4 is 5.32 Å². The smallest absolute Gasteiger partial charge is 0.252 e. The van der Waals surface area contributed by atoms with E-state index in [2.05, 4.69) is 41.2 Å². The average molecular weight is 347 g/mol. The standard InChI is InChI=1S/C22H25N3O/c1-3-25(4-2)21(17-10-6-5-7-11-17)16-24-22(26)19-12-8-14-20-18(19)13-9-15-23-20/h5-15,21H,3-4,16H2,1-2H3,(H,24,26)/t21-/m0/s1. The van der Waals surface area contributed by atoms with Crippen LogP contribution in [-0.2, 0) is 0 Å². The molecule has 1 aromatic heterocycles. The number of hydrogen-bond acceptors (Lipinski definition) is 3. The number of hydrogen-bond donors (Lipinski definition) is 1. The summed E-state index contributed by atoms with van der Waals surface area (Å²) >= 11 is 0. The van der Waals surface area contributed by atoms with Gasteiger partial charge in [-0.2, -0.15) is 0 Å². The third-order valence-corrected chi connectivity index (χ3v) is 4.78. The van der Waals surface area contributed by atoms with E-state index in [0.717, 1.165) is 24.0 Å². The lowest BCUT2D eigenvalue weighted by molar-refractivity contribution is 0.0936. The Morgan fingerprint density at radius 3 is 2.50 bits per heavy atom. The number of nitrogens with zero attached hydrogens (tertiary/aromatic N) is 2. The molecule has 0 saturated heterocycles. The third kappa shape index (κ3) is 3.92. The Kier molecular flexibility index (Phi) is 5.97. The van der Waals surface area contributed by atoms with Crippen molar-refractivity contribution in [1.82, 2.24) is 15.2 Å². The first-order valence-corrected chi connectivity index (χ1v) is 9.15. The largest absolute Gasteiger partial charge is 0.350 e. The molecule has 1 amide bonds. The van der Waals surface area contributed by atoms with Crippen LogP contribution in [-0.4, -0.2) is 35.4 Å². The zero-order valence-electron chi connectivity index (χ0n) is 15.4. The zero-order valence-corrected chi connectivity index (χ0v) is 15.4. The van der Waals surface area contributed by atoms with Gasteiger partial charge in [0, 0.05) is 23.7 Å². The molecular formula is C22H25N3O. The predicted octanol–water partition coefficient (Wildman–Crippen LogP) is 4.05. The van der Waals surface area contributed by atoms with E-state index < -0.39 is 0 Å². The van der Waals surface area contributed by atoms with Crippen LogP contribution in [0.15, 0.2) is 66.9 Å². The molecule has 0 radical (unpaired) electrons. The molecule has 3 aromatic rings. The van der Waals surface area contributed by atoms with Gasteiger partial charge in [-0.25, -0.2) is 0 Å². The highest BCUT2D eigenvalue weighted by atomic mass is 16.1. The Hall–Kier alpha value is -2.72. The number of benzene rings is 2. The molecule has 1 N–H and O–H groups in total. The Morgan fingerprint density at radius 1 is 1.00 bits per heavy atom. The van der Waals surface area contributed by atoms with Crippen molar-refractivity contribution in [3.8, 4) is 0 Å². The maximum Gasteiger partial charge on any atom is 0.252 e. The van der Waals surface area contributed by atoms with E-state index in [9.17, 15) is 4.79 Å². The summed E-state index contributed by atoms with van der Waals surface area (Å²) in [7, 11) is 0. The Balaban J connectivity index is 1.81.